The van der Waals surface area contributed by atoms with Crippen molar-refractivity contribution < 1.29 is 13.3 Å². The van der Waals surface area contributed by atoms with E-state index < -0.39 is 10.0 Å². The van der Waals surface area contributed by atoms with Crippen molar-refractivity contribution in [1.29, 1.82) is 0 Å². The molecule has 3 rings (SSSR count). The van der Waals surface area contributed by atoms with E-state index in [1.807, 2.05) is 26.0 Å². The van der Waals surface area contributed by atoms with Gasteiger partial charge in [0.05, 0.1) is 16.5 Å². The lowest BCUT2D eigenvalue weighted by Gasteiger charge is -2.34. The highest BCUT2D eigenvalue weighted by atomic mass is 32.2. The summed E-state index contributed by atoms with van der Waals surface area (Å²) in [6.07, 6.45) is 0.649. The molecule has 0 spiro atoms. The van der Waals surface area contributed by atoms with Gasteiger partial charge in [-0.3, -0.25) is 0 Å². The molecule has 0 radical (unpaired) electrons. The molecule has 2 heterocycles. The van der Waals surface area contributed by atoms with Gasteiger partial charge < -0.3 is 4.84 Å². The van der Waals surface area contributed by atoms with Crippen LogP contribution in [0.5, 0.6) is 0 Å². The minimum atomic E-state index is -3.44. The van der Waals surface area contributed by atoms with Crippen LogP contribution in [-0.4, -0.2) is 37.6 Å². The minimum Gasteiger partial charge on any atom is -0.395 e. The van der Waals surface area contributed by atoms with Crippen molar-refractivity contribution in [3.63, 3.8) is 0 Å². The molecule has 108 valence electrons. The lowest BCUT2D eigenvalue weighted by Crippen LogP contribution is -2.48. The number of nitrogens with zero attached hydrogens (tertiary/aromatic N) is 2. The van der Waals surface area contributed by atoms with Crippen molar-refractivity contribution in [1.82, 2.24) is 4.31 Å². The largest absolute Gasteiger partial charge is 0.395 e. The Morgan fingerprint density at radius 1 is 1.30 bits per heavy atom. The van der Waals surface area contributed by atoms with Gasteiger partial charge in [0.1, 0.15) is 6.61 Å². The summed E-state index contributed by atoms with van der Waals surface area (Å²) >= 11 is 0. The zero-order valence-corrected chi connectivity index (χ0v) is 12.4. The molecule has 2 aliphatic heterocycles. The molecular weight excluding hydrogens is 276 g/mol. The molecule has 2 aliphatic rings. The summed E-state index contributed by atoms with van der Waals surface area (Å²) < 4.78 is 27.1. The van der Waals surface area contributed by atoms with E-state index in [0.29, 0.717) is 24.5 Å². The fourth-order valence-electron chi connectivity index (χ4n) is 2.73. The Hall–Kier alpha value is -1.40. The number of hydrogen-bond acceptors (Lipinski definition) is 4. The third-order valence-corrected chi connectivity index (χ3v) is 5.95. The number of rotatable bonds is 2. The first-order chi connectivity index (χ1) is 9.48. The second-order valence-electron chi connectivity index (χ2n) is 5.52. The molecule has 0 N–H and O–H groups in total. The number of fused-ring (bicyclic) bond motifs is 1. The molecule has 20 heavy (non-hydrogen) atoms. The van der Waals surface area contributed by atoms with Crippen LogP contribution in [0.3, 0.4) is 0 Å². The summed E-state index contributed by atoms with van der Waals surface area (Å²) in [4.78, 5) is 5.44. The van der Waals surface area contributed by atoms with E-state index in [-0.39, 0.29) is 12.0 Å². The van der Waals surface area contributed by atoms with Crippen LogP contribution in [0, 0.1) is 12.8 Å². The van der Waals surface area contributed by atoms with E-state index in [0.717, 1.165) is 11.3 Å². The molecule has 1 aromatic carbocycles. The van der Waals surface area contributed by atoms with Gasteiger partial charge >= 0.3 is 0 Å². The minimum absolute atomic E-state index is 0.0852. The molecule has 0 aliphatic carbocycles. The molecule has 0 saturated carbocycles. The Balaban J connectivity index is 1.91. The standard InChI is InChI=1S/C14H18N2O3S/c1-10-3-5-13(6-4-10)20(17,18)16-8-12-9-19-15-14(12)7-11(16)2/h3-6,11-12H,7-9H2,1-2H3/t11-,12+/m1/s1. The van der Waals surface area contributed by atoms with Gasteiger partial charge in [-0.15, -0.1) is 0 Å². The van der Waals surface area contributed by atoms with Gasteiger partial charge in [-0.1, -0.05) is 22.9 Å². The maximum Gasteiger partial charge on any atom is 0.243 e. The van der Waals surface area contributed by atoms with Gasteiger partial charge in [0.15, 0.2) is 0 Å². The Labute approximate surface area is 119 Å². The summed E-state index contributed by atoms with van der Waals surface area (Å²) in [5.41, 5.74) is 2.04. The van der Waals surface area contributed by atoms with Crippen LogP contribution in [0.4, 0.5) is 0 Å². The topological polar surface area (TPSA) is 59.0 Å². The van der Waals surface area contributed by atoms with Crippen LogP contribution in [0.25, 0.3) is 0 Å². The van der Waals surface area contributed by atoms with Crippen LogP contribution in [0.2, 0.25) is 0 Å². The molecule has 5 nitrogen and oxygen atoms in total. The first-order valence-corrected chi connectivity index (χ1v) is 8.20. The van der Waals surface area contributed by atoms with Gasteiger partial charge in [-0.05, 0) is 26.0 Å². The maximum atomic E-state index is 12.7. The zero-order chi connectivity index (χ0) is 14.3. The van der Waals surface area contributed by atoms with Gasteiger partial charge in [-0.25, -0.2) is 8.42 Å². The quantitative estimate of drug-likeness (QED) is 0.835. The van der Waals surface area contributed by atoms with Crippen LogP contribution in [0.15, 0.2) is 34.3 Å². The van der Waals surface area contributed by atoms with Crippen LogP contribution >= 0.6 is 0 Å². The number of hydrogen-bond donors (Lipinski definition) is 0. The third-order valence-electron chi connectivity index (χ3n) is 3.95. The average Bonchev–Trinajstić information content (AvgIpc) is 2.85. The van der Waals surface area contributed by atoms with E-state index in [1.165, 1.54) is 0 Å². The van der Waals surface area contributed by atoms with Crippen LogP contribution in [-0.2, 0) is 14.9 Å². The second-order valence-corrected chi connectivity index (χ2v) is 7.41. The fourth-order valence-corrected chi connectivity index (χ4v) is 4.40. The van der Waals surface area contributed by atoms with Gasteiger partial charge in [0.25, 0.3) is 0 Å². The van der Waals surface area contributed by atoms with Crippen molar-refractivity contribution in [3.8, 4) is 0 Å². The van der Waals surface area contributed by atoms with E-state index in [1.54, 1.807) is 16.4 Å². The molecule has 0 aromatic heterocycles. The highest BCUT2D eigenvalue weighted by Crippen LogP contribution is 2.29. The van der Waals surface area contributed by atoms with Gasteiger partial charge in [0.2, 0.25) is 10.0 Å². The van der Waals surface area contributed by atoms with E-state index in [2.05, 4.69) is 5.16 Å². The summed E-state index contributed by atoms with van der Waals surface area (Å²) in [5, 5.41) is 4.00. The van der Waals surface area contributed by atoms with Crippen molar-refractivity contribution in [2.24, 2.45) is 11.1 Å². The third kappa shape index (κ3) is 2.23. The zero-order valence-electron chi connectivity index (χ0n) is 11.6. The number of aryl methyl sites for hydroxylation is 1. The lowest BCUT2D eigenvalue weighted by atomic mass is 9.94. The number of oxime groups is 1. The van der Waals surface area contributed by atoms with Gasteiger partial charge in [0, 0.05) is 19.0 Å². The molecule has 6 heteroatoms. The number of benzene rings is 1. The molecule has 1 saturated heterocycles. The van der Waals surface area contributed by atoms with Crippen molar-refractivity contribution in [3.05, 3.63) is 29.8 Å². The molecule has 2 atom stereocenters. The summed E-state index contributed by atoms with van der Waals surface area (Å²) in [5.74, 6) is 0.103. The second kappa shape index (κ2) is 4.86. The first-order valence-electron chi connectivity index (χ1n) is 6.76. The van der Waals surface area contributed by atoms with Crippen molar-refractivity contribution >= 4 is 15.7 Å². The maximum absolute atomic E-state index is 12.7. The van der Waals surface area contributed by atoms with Crippen molar-refractivity contribution in [2.75, 3.05) is 13.2 Å². The normalized spacial score (nSPS) is 26.8. The van der Waals surface area contributed by atoms with Gasteiger partial charge in [-0.2, -0.15) is 4.31 Å². The monoisotopic (exact) mass is 294 g/mol. The molecule has 1 fully saturated rings. The Morgan fingerprint density at radius 2 is 2.00 bits per heavy atom. The Kier molecular flexibility index (Phi) is 3.30. The molecule has 0 unspecified atom stereocenters. The molecule has 0 amide bonds. The van der Waals surface area contributed by atoms with Crippen LogP contribution < -0.4 is 0 Å². The van der Waals surface area contributed by atoms with Crippen LogP contribution in [0.1, 0.15) is 18.9 Å². The fraction of sp³-hybridized carbons (Fsp3) is 0.500. The Bertz CT molecular complexity index is 637. The number of piperidine rings is 1. The predicted octanol–water partition coefficient (Wildman–Crippen LogP) is 1.78. The molecule has 1 aromatic rings. The van der Waals surface area contributed by atoms with E-state index >= 15 is 0 Å². The summed E-state index contributed by atoms with van der Waals surface area (Å²) in [7, 11) is -3.44. The molecular formula is C14H18N2O3S. The predicted molar refractivity (Wildman–Crippen MR) is 76.0 cm³/mol. The first kappa shape index (κ1) is 13.6. The lowest BCUT2D eigenvalue weighted by molar-refractivity contribution is 0.146. The smallest absolute Gasteiger partial charge is 0.243 e. The summed E-state index contributed by atoms with van der Waals surface area (Å²) in [6, 6.07) is 6.91. The Morgan fingerprint density at radius 3 is 2.70 bits per heavy atom. The highest BCUT2D eigenvalue weighted by molar-refractivity contribution is 7.89. The average molecular weight is 294 g/mol. The summed E-state index contributed by atoms with van der Waals surface area (Å²) in [6.45, 7) is 4.81. The van der Waals surface area contributed by atoms with Crippen molar-refractivity contribution in [2.45, 2.75) is 31.2 Å². The van der Waals surface area contributed by atoms with E-state index in [9.17, 15) is 8.42 Å². The number of sulfonamides is 1. The highest BCUT2D eigenvalue weighted by Gasteiger charge is 2.40. The molecule has 0 bridgehead atoms. The van der Waals surface area contributed by atoms with E-state index in [4.69, 9.17) is 4.84 Å². The SMILES string of the molecule is Cc1ccc(S(=O)(=O)N2C[C@H]3CON=C3C[C@H]2C)cc1.